The first-order valence-electron chi connectivity index (χ1n) is 9.12. The molecule has 0 radical (unpaired) electrons. The van der Waals surface area contributed by atoms with E-state index in [0.717, 1.165) is 30.0 Å². The SMILES string of the molecule is NC(=O)Cc1cccc(C2(NCC(O)CCc3cc(F)cc(F)c3)CC2)c1. The number of hydrogen-bond donors (Lipinski definition) is 3. The van der Waals surface area contributed by atoms with Gasteiger partial charge in [0.2, 0.25) is 5.91 Å². The van der Waals surface area contributed by atoms with Gasteiger partial charge in [-0.25, -0.2) is 8.78 Å². The van der Waals surface area contributed by atoms with Crippen molar-refractivity contribution in [2.45, 2.75) is 43.7 Å². The maximum Gasteiger partial charge on any atom is 0.221 e. The Labute approximate surface area is 157 Å². The third-order valence-electron chi connectivity index (χ3n) is 4.97. The standard InChI is InChI=1S/C21H24F2N2O2/c22-17-9-15(10-18(23)12-17)4-5-19(26)13-25-21(6-7-21)16-3-1-2-14(8-16)11-20(24)27/h1-3,8-10,12,19,25-26H,4-7,11,13H2,(H2,24,27). The molecule has 6 heteroatoms. The zero-order valence-electron chi connectivity index (χ0n) is 15.1. The number of benzene rings is 2. The average Bonchev–Trinajstić information content (AvgIpc) is 3.38. The van der Waals surface area contributed by atoms with Crippen molar-refractivity contribution in [2.75, 3.05) is 6.54 Å². The van der Waals surface area contributed by atoms with Gasteiger partial charge < -0.3 is 16.2 Å². The van der Waals surface area contributed by atoms with Gasteiger partial charge in [-0.05, 0) is 54.5 Å². The van der Waals surface area contributed by atoms with E-state index < -0.39 is 17.7 Å². The lowest BCUT2D eigenvalue weighted by Gasteiger charge is -2.21. The van der Waals surface area contributed by atoms with Crippen molar-refractivity contribution < 1.29 is 18.7 Å². The van der Waals surface area contributed by atoms with Crippen LogP contribution < -0.4 is 11.1 Å². The molecule has 0 saturated heterocycles. The average molecular weight is 374 g/mol. The second-order valence-electron chi connectivity index (χ2n) is 7.28. The normalized spacial score (nSPS) is 16.1. The highest BCUT2D eigenvalue weighted by molar-refractivity contribution is 5.76. The number of carbonyl (C=O) groups is 1. The van der Waals surface area contributed by atoms with Crippen LogP contribution in [0.1, 0.15) is 36.0 Å². The fourth-order valence-corrected chi connectivity index (χ4v) is 3.38. The Kier molecular flexibility index (Phi) is 5.87. The highest BCUT2D eigenvalue weighted by Gasteiger charge is 2.44. The lowest BCUT2D eigenvalue weighted by atomic mass is 10.00. The van der Waals surface area contributed by atoms with Crippen LogP contribution in [0.25, 0.3) is 0 Å². The number of amides is 1. The maximum atomic E-state index is 13.2. The van der Waals surface area contributed by atoms with Crippen LogP contribution in [0.5, 0.6) is 0 Å². The first kappa shape index (κ1) is 19.5. The molecule has 1 saturated carbocycles. The van der Waals surface area contributed by atoms with Gasteiger partial charge in [-0.3, -0.25) is 4.79 Å². The van der Waals surface area contributed by atoms with Crippen LogP contribution in [0, 0.1) is 11.6 Å². The summed E-state index contributed by atoms with van der Waals surface area (Å²) in [7, 11) is 0. The molecule has 1 fully saturated rings. The number of nitrogens with two attached hydrogens (primary N) is 1. The van der Waals surface area contributed by atoms with E-state index in [2.05, 4.69) is 5.32 Å². The van der Waals surface area contributed by atoms with E-state index in [1.807, 2.05) is 24.3 Å². The molecule has 1 aliphatic carbocycles. The van der Waals surface area contributed by atoms with Crippen LogP contribution in [0.4, 0.5) is 8.78 Å². The zero-order valence-corrected chi connectivity index (χ0v) is 15.1. The van der Waals surface area contributed by atoms with Crippen LogP contribution in [-0.4, -0.2) is 23.7 Å². The zero-order chi connectivity index (χ0) is 19.4. The summed E-state index contributed by atoms with van der Waals surface area (Å²) in [4.78, 5) is 11.1. The van der Waals surface area contributed by atoms with Gasteiger partial charge in [0.1, 0.15) is 11.6 Å². The summed E-state index contributed by atoms with van der Waals surface area (Å²) < 4.78 is 26.4. The number of aryl methyl sites for hydroxylation is 1. The largest absolute Gasteiger partial charge is 0.392 e. The molecule has 0 spiro atoms. The molecule has 0 heterocycles. The number of nitrogens with one attached hydrogen (secondary N) is 1. The number of aliphatic hydroxyl groups is 1. The van der Waals surface area contributed by atoms with Crippen molar-refractivity contribution in [3.8, 4) is 0 Å². The molecule has 0 aromatic heterocycles. The summed E-state index contributed by atoms with van der Waals surface area (Å²) in [5.74, 6) is -1.58. The highest BCUT2D eigenvalue weighted by Crippen LogP contribution is 2.45. The van der Waals surface area contributed by atoms with Crippen molar-refractivity contribution >= 4 is 5.91 Å². The van der Waals surface area contributed by atoms with E-state index in [4.69, 9.17) is 5.73 Å². The van der Waals surface area contributed by atoms with E-state index in [-0.39, 0.29) is 17.9 Å². The monoisotopic (exact) mass is 374 g/mol. The molecule has 0 bridgehead atoms. The molecular formula is C21H24F2N2O2. The van der Waals surface area contributed by atoms with Crippen molar-refractivity contribution in [3.63, 3.8) is 0 Å². The minimum atomic E-state index is -0.623. The number of primary amides is 1. The Morgan fingerprint density at radius 1 is 1.15 bits per heavy atom. The quantitative estimate of drug-likeness (QED) is 0.631. The lowest BCUT2D eigenvalue weighted by Crippen LogP contribution is -2.36. The highest BCUT2D eigenvalue weighted by atomic mass is 19.1. The number of aliphatic hydroxyl groups excluding tert-OH is 1. The minimum Gasteiger partial charge on any atom is -0.392 e. The fourth-order valence-electron chi connectivity index (χ4n) is 3.38. The molecular weight excluding hydrogens is 350 g/mol. The van der Waals surface area contributed by atoms with Gasteiger partial charge in [0.25, 0.3) is 0 Å². The summed E-state index contributed by atoms with van der Waals surface area (Å²) >= 11 is 0. The smallest absolute Gasteiger partial charge is 0.221 e. The van der Waals surface area contributed by atoms with Gasteiger partial charge >= 0.3 is 0 Å². The summed E-state index contributed by atoms with van der Waals surface area (Å²) in [6.45, 7) is 0.387. The van der Waals surface area contributed by atoms with Crippen LogP contribution >= 0.6 is 0 Å². The summed E-state index contributed by atoms with van der Waals surface area (Å²) in [6, 6.07) is 11.2. The van der Waals surface area contributed by atoms with Gasteiger partial charge in [0.15, 0.2) is 0 Å². The number of rotatable bonds is 9. The molecule has 0 aliphatic heterocycles. The maximum absolute atomic E-state index is 13.2. The first-order chi connectivity index (χ1) is 12.9. The first-order valence-corrected chi connectivity index (χ1v) is 9.12. The van der Waals surface area contributed by atoms with Gasteiger partial charge in [-0.1, -0.05) is 24.3 Å². The summed E-state index contributed by atoms with van der Waals surface area (Å²) in [6.07, 6.45) is 2.30. The molecule has 3 rings (SSSR count). The molecule has 1 aliphatic rings. The number of hydrogen-bond acceptors (Lipinski definition) is 3. The van der Waals surface area contributed by atoms with Gasteiger partial charge in [-0.2, -0.15) is 0 Å². The van der Waals surface area contributed by atoms with Crippen molar-refractivity contribution in [1.29, 1.82) is 0 Å². The molecule has 4 nitrogen and oxygen atoms in total. The van der Waals surface area contributed by atoms with E-state index in [0.29, 0.717) is 24.9 Å². The molecule has 1 atom stereocenters. The molecule has 144 valence electrons. The Morgan fingerprint density at radius 3 is 2.48 bits per heavy atom. The molecule has 1 amide bonds. The van der Waals surface area contributed by atoms with Gasteiger partial charge in [0.05, 0.1) is 12.5 Å². The molecule has 1 unspecified atom stereocenters. The molecule has 4 N–H and O–H groups in total. The number of halogens is 2. The minimum absolute atomic E-state index is 0.181. The van der Waals surface area contributed by atoms with Gasteiger partial charge in [0, 0.05) is 18.2 Å². The van der Waals surface area contributed by atoms with Crippen LogP contribution in [0.3, 0.4) is 0 Å². The lowest BCUT2D eigenvalue weighted by molar-refractivity contribution is -0.117. The fraction of sp³-hybridized carbons (Fsp3) is 0.381. The second kappa shape index (κ2) is 8.15. The van der Waals surface area contributed by atoms with Gasteiger partial charge in [-0.15, -0.1) is 0 Å². The Hall–Kier alpha value is -2.31. The topological polar surface area (TPSA) is 75.4 Å². The van der Waals surface area contributed by atoms with Crippen molar-refractivity contribution in [3.05, 3.63) is 70.8 Å². The predicted molar refractivity (Wildman–Crippen MR) is 98.9 cm³/mol. The molecule has 2 aromatic carbocycles. The van der Waals surface area contributed by atoms with Crippen molar-refractivity contribution in [1.82, 2.24) is 5.32 Å². The predicted octanol–water partition coefficient (Wildman–Crippen LogP) is 2.57. The third kappa shape index (κ3) is 5.34. The Bertz CT molecular complexity index is 801. The number of carbonyl (C=O) groups excluding carboxylic acids is 1. The molecule has 2 aromatic rings. The van der Waals surface area contributed by atoms with Crippen LogP contribution in [0.15, 0.2) is 42.5 Å². The van der Waals surface area contributed by atoms with E-state index >= 15 is 0 Å². The Morgan fingerprint density at radius 2 is 1.85 bits per heavy atom. The molecule has 27 heavy (non-hydrogen) atoms. The summed E-state index contributed by atoms with van der Waals surface area (Å²) in [5, 5.41) is 13.7. The van der Waals surface area contributed by atoms with E-state index in [1.165, 1.54) is 12.1 Å². The van der Waals surface area contributed by atoms with E-state index in [1.54, 1.807) is 0 Å². The van der Waals surface area contributed by atoms with Crippen LogP contribution in [-0.2, 0) is 23.2 Å². The third-order valence-corrected chi connectivity index (χ3v) is 4.97. The second-order valence-corrected chi connectivity index (χ2v) is 7.28. The van der Waals surface area contributed by atoms with Crippen molar-refractivity contribution in [2.24, 2.45) is 5.73 Å². The Balaban J connectivity index is 1.53. The van der Waals surface area contributed by atoms with E-state index in [9.17, 15) is 18.7 Å². The van der Waals surface area contributed by atoms with Crippen LogP contribution in [0.2, 0.25) is 0 Å². The summed E-state index contributed by atoms with van der Waals surface area (Å²) in [5.41, 5.74) is 7.58.